The molecular weight excluding hydrogens is 240 g/mol. The summed E-state index contributed by atoms with van der Waals surface area (Å²) in [5.74, 6) is -1.77. The second kappa shape index (κ2) is 4.66. The van der Waals surface area contributed by atoms with E-state index in [1.165, 1.54) is 0 Å². The van der Waals surface area contributed by atoms with Crippen LogP contribution in [0.1, 0.15) is 6.42 Å². The molecule has 1 aliphatic heterocycles. The van der Waals surface area contributed by atoms with Gasteiger partial charge in [-0.3, -0.25) is 4.79 Å². The average molecular weight is 252 g/mol. The number of ether oxygens (including phenoxy) is 1. The second-order valence-electron chi connectivity index (χ2n) is 3.28. The Balaban J connectivity index is 2.65. The number of methoxy groups -OCH3 is 1. The Morgan fingerprint density at radius 3 is 2.56 bits per heavy atom. The quantitative estimate of drug-likeness (QED) is 0.665. The number of nitrogens with zero attached hydrogens (tertiary/aromatic N) is 1. The molecule has 1 aliphatic rings. The van der Waals surface area contributed by atoms with Crippen LogP contribution in [-0.4, -0.2) is 50.1 Å². The molecule has 0 aliphatic carbocycles. The van der Waals surface area contributed by atoms with Gasteiger partial charge in [0, 0.05) is 13.1 Å². The summed E-state index contributed by atoms with van der Waals surface area (Å²) < 4.78 is 29.7. The summed E-state index contributed by atoms with van der Waals surface area (Å²) in [5, 5.41) is 8.69. The van der Waals surface area contributed by atoms with E-state index < -0.39 is 28.2 Å². The Bertz CT molecular complexity index is 392. The largest absolute Gasteiger partial charge is 0.481 e. The smallest absolute Gasteiger partial charge is 0.421 e. The summed E-state index contributed by atoms with van der Waals surface area (Å²) in [6, 6.07) is 0. The van der Waals surface area contributed by atoms with Crippen molar-refractivity contribution in [3.63, 3.8) is 0 Å². The number of carbonyl (C=O) groups excluding carboxylic acids is 1. The topological polar surface area (TPSA) is 113 Å². The highest BCUT2D eigenvalue weighted by Gasteiger charge is 2.35. The summed E-state index contributed by atoms with van der Waals surface area (Å²) in [5.41, 5.74) is 0. The highest BCUT2D eigenvalue weighted by molar-refractivity contribution is 7.87. The maximum atomic E-state index is 11.5. The zero-order valence-corrected chi connectivity index (χ0v) is 9.36. The lowest BCUT2D eigenvalue weighted by atomic mass is 10.1. The Labute approximate surface area is 92.4 Å². The van der Waals surface area contributed by atoms with Gasteiger partial charge in [0.05, 0.1) is 13.0 Å². The van der Waals surface area contributed by atoms with Crippen molar-refractivity contribution in [2.24, 2.45) is 5.92 Å². The Kier molecular flexibility index (Phi) is 3.70. The molecule has 0 aromatic heterocycles. The van der Waals surface area contributed by atoms with Gasteiger partial charge in [-0.25, -0.2) is 9.52 Å². The van der Waals surface area contributed by atoms with E-state index in [1.54, 1.807) is 4.72 Å². The van der Waals surface area contributed by atoms with Crippen molar-refractivity contribution in [3.8, 4) is 0 Å². The van der Waals surface area contributed by atoms with E-state index in [0.29, 0.717) is 0 Å². The van der Waals surface area contributed by atoms with E-state index in [4.69, 9.17) is 5.11 Å². The van der Waals surface area contributed by atoms with Gasteiger partial charge in [0.2, 0.25) is 0 Å². The fourth-order valence-electron chi connectivity index (χ4n) is 1.36. The summed E-state index contributed by atoms with van der Waals surface area (Å²) >= 11 is 0. The first kappa shape index (κ1) is 12.7. The maximum absolute atomic E-state index is 11.5. The van der Waals surface area contributed by atoms with Crippen LogP contribution < -0.4 is 4.72 Å². The highest BCUT2D eigenvalue weighted by atomic mass is 32.2. The molecule has 9 heteroatoms. The van der Waals surface area contributed by atoms with Crippen molar-refractivity contribution in [2.45, 2.75) is 6.42 Å². The van der Waals surface area contributed by atoms with E-state index in [1.807, 2.05) is 0 Å². The maximum Gasteiger partial charge on any atom is 0.421 e. The van der Waals surface area contributed by atoms with Crippen LogP contribution >= 0.6 is 0 Å². The first-order valence-corrected chi connectivity index (χ1v) is 5.89. The Morgan fingerprint density at radius 1 is 1.50 bits per heavy atom. The van der Waals surface area contributed by atoms with Gasteiger partial charge in [0.15, 0.2) is 0 Å². The van der Waals surface area contributed by atoms with Crippen molar-refractivity contribution in [1.29, 1.82) is 0 Å². The molecule has 1 saturated heterocycles. The lowest BCUT2D eigenvalue weighted by molar-refractivity contribution is -0.141. The van der Waals surface area contributed by atoms with Gasteiger partial charge >= 0.3 is 22.3 Å². The third-order valence-electron chi connectivity index (χ3n) is 2.24. The van der Waals surface area contributed by atoms with E-state index in [2.05, 4.69) is 4.74 Å². The first-order chi connectivity index (χ1) is 7.36. The third kappa shape index (κ3) is 2.83. The molecule has 1 unspecified atom stereocenters. The number of hydrogen-bond acceptors (Lipinski definition) is 5. The Hall–Kier alpha value is -1.35. The van der Waals surface area contributed by atoms with Crippen LogP contribution in [0.25, 0.3) is 0 Å². The highest BCUT2D eigenvalue weighted by Crippen LogP contribution is 2.18. The summed E-state index contributed by atoms with van der Waals surface area (Å²) in [6.07, 6.45) is -0.865. The summed E-state index contributed by atoms with van der Waals surface area (Å²) in [6.45, 7) is -0.0645. The van der Waals surface area contributed by atoms with Crippen molar-refractivity contribution < 1.29 is 27.9 Å². The number of rotatable bonds is 3. The molecule has 16 heavy (non-hydrogen) atoms. The molecule has 92 valence electrons. The minimum Gasteiger partial charge on any atom is -0.481 e. The number of hydrogen-bond donors (Lipinski definition) is 2. The van der Waals surface area contributed by atoms with Crippen LogP contribution in [-0.2, 0) is 19.7 Å². The predicted molar refractivity (Wildman–Crippen MR) is 51.8 cm³/mol. The normalized spacial score (nSPS) is 21.7. The molecule has 0 bridgehead atoms. The Morgan fingerprint density at radius 2 is 2.12 bits per heavy atom. The molecule has 2 N–H and O–H groups in total. The van der Waals surface area contributed by atoms with Crippen molar-refractivity contribution >= 4 is 22.3 Å². The fourth-order valence-corrected chi connectivity index (χ4v) is 2.50. The van der Waals surface area contributed by atoms with Crippen LogP contribution in [0.4, 0.5) is 4.79 Å². The molecule has 8 nitrogen and oxygen atoms in total. The van der Waals surface area contributed by atoms with Crippen LogP contribution in [0.2, 0.25) is 0 Å². The van der Waals surface area contributed by atoms with Crippen LogP contribution in [0.5, 0.6) is 0 Å². The summed E-state index contributed by atoms with van der Waals surface area (Å²) in [4.78, 5) is 21.4. The van der Waals surface area contributed by atoms with Crippen molar-refractivity contribution in [3.05, 3.63) is 0 Å². The number of carbonyl (C=O) groups is 2. The molecule has 1 fully saturated rings. The molecule has 0 aromatic rings. The van der Waals surface area contributed by atoms with Gasteiger partial charge in [-0.2, -0.15) is 12.7 Å². The minimum absolute atomic E-state index is 0.0727. The monoisotopic (exact) mass is 252 g/mol. The number of nitrogens with one attached hydrogen (secondary N) is 1. The van der Waals surface area contributed by atoms with E-state index in [-0.39, 0.29) is 19.5 Å². The molecular formula is C7H12N2O6S. The molecule has 1 heterocycles. The van der Waals surface area contributed by atoms with Crippen molar-refractivity contribution in [1.82, 2.24) is 9.03 Å². The molecule has 0 aromatic carbocycles. The molecule has 1 amide bonds. The van der Waals surface area contributed by atoms with E-state index >= 15 is 0 Å². The van der Waals surface area contributed by atoms with Gasteiger partial charge in [-0.15, -0.1) is 0 Å². The number of carboxylic acids is 1. The van der Waals surface area contributed by atoms with Gasteiger partial charge in [0.25, 0.3) is 0 Å². The SMILES string of the molecule is COC(=O)NS(=O)(=O)N1CCC(C(=O)O)C1. The molecule has 0 radical (unpaired) electrons. The lowest BCUT2D eigenvalue weighted by Crippen LogP contribution is -2.42. The standard InChI is InChI=1S/C7H12N2O6S/c1-15-7(12)8-16(13,14)9-3-2-5(4-9)6(10)11/h5H,2-4H2,1H3,(H,8,12)(H,10,11). The van der Waals surface area contributed by atoms with Crippen LogP contribution in [0.3, 0.4) is 0 Å². The van der Waals surface area contributed by atoms with E-state index in [0.717, 1.165) is 11.4 Å². The van der Waals surface area contributed by atoms with Crippen LogP contribution in [0.15, 0.2) is 0 Å². The number of aliphatic carboxylic acids is 1. The first-order valence-electron chi connectivity index (χ1n) is 4.45. The van der Waals surface area contributed by atoms with Gasteiger partial charge < -0.3 is 9.84 Å². The minimum atomic E-state index is -3.99. The van der Waals surface area contributed by atoms with Gasteiger partial charge in [-0.05, 0) is 6.42 Å². The summed E-state index contributed by atoms with van der Waals surface area (Å²) in [7, 11) is -2.96. The zero-order chi connectivity index (χ0) is 12.3. The average Bonchev–Trinajstić information content (AvgIpc) is 2.66. The molecule has 0 saturated carbocycles. The zero-order valence-electron chi connectivity index (χ0n) is 8.54. The number of carboxylic acid groups (broad SMARTS) is 1. The van der Waals surface area contributed by atoms with E-state index in [9.17, 15) is 18.0 Å². The lowest BCUT2D eigenvalue weighted by Gasteiger charge is -2.15. The number of amides is 1. The third-order valence-corrected chi connectivity index (χ3v) is 3.67. The molecule has 0 spiro atoms. The predicted octanol–water partition coefficient (Wildman–Crippen LogP) is -1.01. The molecule has 1 rings (SSSR count). The van der Waals surface area contributed by atoms with Gasteiger partial charge in [-0.1, -0.05) is 0 Å². The van der Waals surface area contributed by atoms with Gasteiger partial charge in [0.1, 0.15) is 0 Å². The van der Waals surface area contributed by atoms with Crippen molar-refractivity contribution in [2.75, 3.05) is 20.2 Å². The fraction of sp³-hybridized carbons (Fsp3) is 0.714. The second-order valence-corrected chi connectivity index (χ2v) is 4.95. The molecule has 1 atom stereocenters. The van der Waals surface area contributed by atoms with Crippen LogP contribution in [0, 0.1) is 5.92 Å².